The van der Waals surface area contributed by atoms with Crippen LogP contribution in [0.25, 0.3) is 0 Å². The van der Waals surface area contributed by atoms with E-state index in [2.05, 4.69) is 51.5 Å². The molecule has 1 saturated heterocycles. The summed E-state index contributed by atoms with van der Waals surface area (Å²) in [6.45, 7) is 14.7. The molecule has 0 saturated carbocycles. The van der Waals surface area contributed by atoms with Crippen LogP contribution in [0.5, 0.6) is 0 Å². The molecule has 1 aliphatic heterocycles. The number of likely N-dealkylation sites (tertiary alicyclic amines) is 1. The smallest absolute Gasteiger partial charge is 0.0355 e. The van der Waals surface area contributed by atoms with Gasteiger partial charge in [-0.25, -0.2) is 0 Å². The summed E-state index contributed by atoms with van der Waals surface area (Å²) >= 11 is 0. The average Bonchev–Trinajstić information content (AvgIpc) is 2.36. The molecule has 1 aliphatic rings. The summed E-state index contributed by atoms with van der Waals surface area (Å²) < 4.78 is 0. The monoisotopic (exact) mass is 255 g/mol. The highest BCUT2D eigenvalue weighted by Crippen LogP contribution is 2.31. The Bertz CT molecular complexity index is 242. The van der Waals surface area contributed by atoms with Gasteiger partial charge in [0.05, 0.1) is 0 Å². The molecule has 1 rings (SSSR count). The predicted molar refractivity (Wildman–Crippen MR) is 79.8 cm³/mol. The lowest BCUT2D eigenvalue weighted by atomic mass is 9.83. The average molecular weight is 255 g/mol. The standard InChI is InChI=1S/C15H33N3/c1-12(2)14(5)17(6)15(11-16)7-9-18(10-8-15)13(3)4/h12-14H,7-11,16H2,1-6H3. The van der Waals surface area contributed by atoms with Gasteiger partial charge in [0.25, 0.3) is 0 Å². The minimum Gasteiger partial charge on any atom is -0.329 e. The van der Waals surface area contributed by atoms with Gasteiger partial charge in [-0.05, 0) is 46.6 Å². The van der Waals surface area contributed by atoms with Gasteiger partial charge in [-0.1, -0.05) is 13.8 Å². The van der Waals surface area contributed by atoms with E-state index in [4.69, 9.17) is 5.73 Å². The van der Waals surface area contributed by atoms with Gasteiger partial charge in [0.2, 0.25) is 0 Å². The van der Waals surface area contributed by atoms with Crippen LogP contribution in [0.15, 0.2) is 0 Å². The van der Waals surface area contributed by atoms with Gasteiger partial charge in [-0.2, -0.15) is 0 Å². The minimum atomic E-state index is 0.217. The number of nitrogens with two attached hydrogens (primary N) is 1. The number of nitrogens with zero attached hydrogens (tertiary/aromatic N) is 2. The molecule has 0 aromatic heterocycles. The van der Waals surface area contributed by atoms with Crippen LogP contribution in [0.3, 0.4) is 0 Å². The van der Waals surface area contributed by atoms with E-state index in [0.29, 0.717) is 18.0 Å². The van der Waals surface area contributed by atoms with E-state index in [1.54, 1.807) is 0 Å². The van der Waals surface area contributed by atoms with Crippen molar-refractivity contribution in [2.45, 2.75) is 65.1 Å². The quantitative estimate of drug-likeness (QED) is 0.817. The molecule has 1 unspecified atom stereocenters. The summed E-state index contributed by atoms with van der Waals surface area (Å²) in [4.78, 5) is 5.12. The Kier molecular flexibility index (Phi) is 5.63. The first-order chi connectivity index (χ1) is 8.34. The zero-order valence-electron chi connectivity index (χ0n) is 13.2. The molecule has 0 aromatic carbocycles. The summed E-state index contributed by atoms with van der Waals surface area (Å²) in [6, 6.07) is 1.26. The molecular weight excluding hydrogens is 222 g/mol. The fraction of sp³-hybridized carbons (Fsp3) is 1.00. The third kappa shape index (κ3) is 3.25. The zero-order chi connectivity index (χ0) is 13.9. The van der Waals surface area contributed by atoms with Crippen molar-refractivity contribution in [3.63, 3.8) is 0 Å². The molecule has 108 valence electrons. The topological polar surface area (TPSA) is 32.5 Å². The van der Waals surface area contributed by atoms with Gasteiger partial charge in [-0.3, -0.25) is 4.90 Å². The van der Waals surface area contributed by atoms with Crippen molar-refractivity contribution in [2.75, 3.05) is 26.7 Å². The van der Waals surface area contributed by atoms with Crippen LogP contribution in [0.4, 0.5) is 0 Å². The van der Waals surface area contributed by atoms with Crippen LogP contribution in [-0.2, 0) is 0 Å². The van der Waals surface area contributed by atoms with Crippen molar-refractivity contribution >= 4 is 0 Å². The molecule has 1 heterocycles. The van der Waals surface area contributed by atoms with Crippen molar-refractivity contribution in [3.05, 3.63) is 0 Å². The SMILES string of the molecule is CC(C)C(C)N(C)C1(CN)CCN(C(C)C)CC1. The van der Waals surface area contributed by atoms with E-state index < -0.39 is 0 Å². The lowest BCUT2D eigenvalue weighted by molar-refractivity contribution is 0.00159. The Morgan fingerprint density at radius 3 is 1.94 bits per heavy atom. The molecule has 3 heteroatoms. The number of piperidine rings is 1. The summed E-state index contributed by atoms with van der Waals surface area (Å²) in [5, 5.41) is 0. The highest BCUT2D eigenvalue weighted by atomic mass is 15.3. The number of rotatable bonds is 5. The van der Waals surface area contributed by atoms with Crippen molar-refractivity contribution in [1.82, 2.24) is 9.80 Å². The maximum absolute atomic E-state index is 6.14. The molecule has 0 radical (unpaired) electrons. The van der Waals surface area contributed by atoms with E-state index >= 15 is 0 Å². The van der Waals surface area contributed by atoms with Crippen LogP contribution >= 0.6 is 0 Å². The van der Waals surface area contributed by atoms with Gasteiger partial charge in [0, 0.05) is 37.3 Å². The molecule has 3 nitrogen and oxygen atoms in total. The Morgan fingerprint density at radius 2 is 1.61 bits per heavy atom. The second-order valence-electron chi connectivity index (χ2n) is 6.65. The van der Waals surface area contributed by atoms with Crippen molar-refractivity contribution < 1.29 is 0 Å². The lowest BCUT2D eigenvalue weighted by Gasteiger charge is -2.50. The Balaban J connectivity index is 2.71. The lowest BCUT2D eigenvalue weighted by Crippen LogP contribution is -2.61. The maximum atomic E-state index is 6.14. The van der Waals surface area contributed by atoms with Crippen molar-refractivity contribution in [2.24, 2.45) is 11.7 Å². The molecule has 1 fully saturated rings. The van der Waals surface area contributed by atoms with Crippen LogP contribution in [0.2, 0.25) is 0 Å². The van der Waals surface area contributed by atoms with Gasteiger partial charge in [-0.15, -0.1) is 0 Å². The molecule has 18 heavy (non-hydrogen) atoms. The molecule has 0 aliphatic carbocycles. The summed E-state index contributed by atoms with van der Waals surface area (Å²) in [5.41, 5.74) is 6.36. The number of hydrogen-bond acceptors (Lipinski definition) is 3. The molecule has 0 aromatic rings. The Morgan fingerprint density at radius 1 is 1.11 bits per heavy atom. The van der Waals surface area contributed by atoms with Gasteiger partial charge in [0.15, 0.2) is 0 Å². The van der Waals surface area contributed by atoms with Crippen LogP contribution in [0.1, 0.15) is 47.5 Å². The molecule has 0 spiro atoms. The summed E-state index contributed by atoms with van der Waals surface area (Å²) in [7, 11) is 2.27. The van der Waals surface area contributed by atoms with Crippen molar-refractivity contribution in [3.8, 4) is 0 Å². The molecule has 0 bridgehead atoms. The van der Waals surface area contributed by atoms with Crippen LogP contribution in [-0.4, -0.2) is 54.1 Å². The van der Waals surface area contributed by atoms with Gasteiger partial charge < -0.3 is 10.6 Å². The molecular formula is C15H33N3. The molecule has 1 atom stereocenters. The predicted octanol–water partition coefficient (Wildman–Crippen LogP) is 2.16. The Labute approximate surface area is 114 Å². The van der Waals surface area contributed by atoms with E-state index in [1.165, 1.54) is 25.9 Å². The van der Waals surface area contributed by atoms with Crippen LogP contribution in [0, 0.1) is 5.92 Å². The highest BCUT2D eigenvalue weighted by Gasteiger charge is 2.39. The summed E-state index contributed by atoms with van der Waals surface area (Å²) in [5.74, 6) is 0.682. The number of hydrogen-bond donors (Lipinski definition) is 1. The normalized spacial score (nSPS) is 23.0. The molecule has 0 amide bonds. The van der Waals surface area contributed by atoms with Crippen LogP contribution < -0.4 is 5.73 Å². The summed E-state index contributed by atoms with van der Waals surface area (Å²) in [6.07, 6.45) is 2.41. The molecule has 2 N–H and O–H groups in total. The minimum absolute atomic E-state index is 0.217. The Hall–Kier alpha value is -0.120. The third-order valence-corrected chi connectivity index (χ3v) is 5.16. The van der Waals surface area contributed by atoms with Gasteiger partial charge >= 0.3 is 0 Å². The highest BCUT2D eigenvalue weighted by molar-refractivity contribution is 4.97. The van der Waals surface area contributed by atoms with E-state index in [1.807, 2.05) is 0 Å². The first kappa shape index (κ1) is 15.9. The maximum Gasteiger partial charge on any atom is 0.0355 e. The van der Waals surface area contributed by atoms with Crippen molar-refractivity contribution in [1.29, 1.82) is 0 Å². The third-order valence-electron chi connectivity index (χ3n) is 5.16. The first-order valence-electron chi connectivity index (χ1n) is 7.51. The van der Waals surface area contributed by atoms with E-state index in [0.717, 1.165) is 6.54 Å². The van der Waals surface area contributed by atoms with E-state index in [-0.39, 0.29) is 5.54 Å². The zero-order valence-corrected chi connectivity index (χ0v) is 13.2. The fourth-order valence-electron chi connectivity index (χ4n) is 3.04. The second-order valence-corrected chi connectivity index (χ2v) is 6.65. The fourth-order valence-corrected chi connectivity index (χ4v) is 3.04. The van der Waals surface area contributed by atoms with E-state index in [9.17, 15) is 0 Å². The second kappa shape index (κ2) is 6.36. The first-order valence-corrected chi connectivity index (χ1v) is 7.51. The number of likely N-dealkylation sites (N-methyl/N-ethyl adjacent to an activating group) is 1. The van der Waals surface area contributed by atoms with Gasteiger partial charge in [0.1, 0.15) is 0 Å². The largest absolute Gasteiger partial charge is 0.329 e.